The Balaban J connectivity index is 1.09. The first-order valence-electron chi connectivity index (χ1n) is 14.6. The lowest BCUT2D eigenvalue weighted by Crippen LogP contribution is -2.30. The van der Waals surface area contributed by atoms with Crippen molar-refractivity contribution in [3.8, 4) is 10.6 Å². The highest BCUT2D eigenvalue weighted by atomic mass is 32.2. The van der Waals surface area contributed by atoms with Crippen molar-refractivity contribution in [3.05, 3.63) is 94.0 Å². The van der Waals surface area contributed by atoms with Crippen molar-refractivity contribution in [2.24, 2.45) is 0 Å². The Labute approximate surface area is 256 Å². The van der Waals surface area contributed by atoms with Gasteiger partial charge < -0.3 is 15.5 Å². The molecule has 0 radical (unpaired) electrons. The number of piperidine rings is 1. The second kappa shape index (κ2) is 12.4. The molecule has 4 aromatic rings. The molecular weight excluding hydrogens is 581 g/mol. The SMILES string of the molecule is Cc1c(C(=O)NCc2cnc(-c3ccc(CCCN4CCCCC4)cc3)s2)ccc2c1NC(=O)c1ccccc1S2(=O)=O. The zero-order valence-electron chi connectivity index (χ0n) is 24.1. The number of anilines is 1. The fraction of sp³-hybridized carbons (Fsp3) is 0.303. The maximum absolute atomic E-state index is 13.3. The number of carbonyl (C=O) groups is 2. The zero-order valence-corrected chi connectivity index (χ0v) is 25.7. The van der Waals surface area contributed by atoms with Gasteiger partial charge in [0.1, 0.15) is 5.01 Å². The second-order valence-corrected chi connectivity index (χ2v) is 14.1. The van der Waals surface area contributed by atoms with Gasteiger partial charge in [0.25, 0.3) is 11.8 Å². The number of nitrogens with one attached hydrogen (secondary N) is 2. The van der Waals surface area contributed by atoms with Crippen molar-refractivity contribution in [1.82, 2.24) is 15.2 Å². The molecular formula is C33H34N4O4S2. The number of thiazole rings is 1. The Bertz CT molecular complexity index is 1770. The van der Waals surface area contributed by atoms with E-state index in [0.29, 0.717) is 11.1 Å². The molecule has 0 bridgehead atoms. The summed E-state index contributed by atoms with van der Waals surface area (Å²) in [4.78, 5) is 34.0. The molecule has 1 aromatic heterocycles. The Morgan fingerprint density at radius 3 is 2.56 bits per heavy atom. The number of carbonyl (C=O) groups excluding carboxylic acids is 2. The van der Waals surface area contributed by atoms with Crippen LogP contribution in [0.15, 0.2) is 76.7 Å². The highest BCUT2D eigenvalue weighted by Gasteiger charge is 2.33. The molecule has 0 unspecified atom stereocenters. The van der Waals surface area contributed by atoms with Crippen LogP contribution < -0.4 is 10.6 Å². The lowest BCUT2D eigenvalue weighted by molar-refractivity contribution is 0.0949. The van der Waals surface area contributed by atoms with Gasteiger partial charge in [-0.05, 0) is 87.6 Å². The molecule has 43 heavy (non-hydrogen) atoms. The van der Waals surface area contributed by atoms with Crippen molar-refractivity contribution in [3.63, 3.8) is 0 Å². The molecule has 222 valence electrons. The monoisotopic (exact) mass is 614 g/mol. The maximum atomic E-state index is 13.3. The third-order valence-electron chi connectivity index (χ3n) is 8.19. The van der Waals surface area contributed by atoms with Gasteiger partial charge in [0.05, 0.1) is 27.6 Å². The molecule has 10 heteroatoms. The Kier molecular flexibility index (Phi) is 8.43. The fourth-order valence-electron chi connectivity index (χ4n) is 5.79. The first-order valence-corrected chi connectivity index (χ1v) is 16.9. The number of rotatable bonds is 8. The number of nitrogens with zero attached hydrogens (tertiary/aromatic N) is 2. The van der Waals surface area contributed by atoms with Crippen LogP contribution in [0.3, 0.4) is 0 Å². The summed E-state index contributed by atoms with van der Waals surface area (Å²) in [6, 6.07) is 17.5. The van der Waals surface area contributed by atoms with E-state index in [-0.39, 0.29) is 33.5 Å². The molecule has 2 amide bonds. The molecule has 2 aliphatic rings. The number of amides is 2. The number of aromatic nitrogens is 1. The van der Waals surface area contributed by atoms with Crippen LogP contribution >= 0.6 is 11.3 Å². The molecule has 1 fully saturated rings. The molecule has 1 saturated heterocycles. The molecule has 0 aliphatic carbocycles. The summed E-state index contributed by atoms with van der Waals surface area (Å²) in [5.74, 6) is -0.890. The summed E-state index contributed by atoms with van der Waals surface area (Å²) in [5.41, 5.74) is 3.26. The van der Waals surface area contributed by atoms with Crippen molar-refractivity contribution < 1.29 is 18.0 Å². The third-order valence-corrected chi connectivity index (χ3v) is 11.1. The van der Waals surface area contributed by atoms with Gasteiger partial charge in [-0.2, -0.15) is 0 Å². The molecule has 6 rings (SSSR count). The number of hydrogen-bond donors (Lipinski definition) is 2. The maximum Gasteiger partial charge on any atom is 0.257 e. The van der Waals surface area contributed by atoms with E-state index >= 15 is 0 Å². The van der Waals surface area contributed by atoms with E-state index in [4.69, 9.17) is 0 Å². The van der Waals surface area contributed by atoms with Gasteiger partial charge >= 0.3 is 0 Å². The van der Waals surface area contributed by atoms with Crippen molar-refractivity contribution in [2.45, 2.75) is 55.4 Å². The smallest absolute Gasteiger partial charge is 0.257 e. The van der Waals surface area contributed by atoms with Crippen LogP contribution in [0.4, 0.5) is 5.69 Å². The molecule has 0 spiro atoms. The predicted octanol–water partition coefficient (Wildman–Crippen LogP) is 5.87. The fourth-order valence-corrected chi connectivity index (χ4v) is 8.31. The number of likely N-dealkylation sites (tertiary alicyclic amines) is 1. The minimum absolute atomic E-state index is 0.0278. The lowest BCUT2D eigenvalue weighted by Gasteiger charge is -2.26. The van der Waals surface area contributed by atoms with Crippen LogP contribution in [0.25, 0.3) is 10.6 Å². The summed E-state index contributed by atoms with van der Waals surface area (Å²) < 4.78 is 26.7. The highest BCUT2D eigenvalue weighted by molar-refractivity contribution is 7.91. The minimum atomic E-state index is -3.95. The summed E-state index contributed by atoms with van der Waals surface area (Å²) in [5, 5.41) is 6.52. The van der Waals surface area contributed by atoms with Crippen molar-refractivity contribution >= 4 is 38.7 Å². The summed E-state index contributed by atoms with van der Waals surface area (Å²) in [6.07, 6.45) is 8.01. The average molecular weight is 615 g/mol. The van der Waals surface area contributed by atoms with Crippen LogP contribution in [0, 0.1) is 6.92 Å². The second-order valence-electron chi connectivity index (χ2n) is 11.1. The number of sulfone groups is 1. The molecule has 8 nitrogen and oxygen atoms in total. The van der Waals surface area contributed by atoms with E-state index < -0.39 is 15.7 Å². The van der Waals surface area contributed by atoms with Gasteiger partial charge in [-0.3, -0.25) is 9.59 Å². The van der Waals surface area contributed by atoms with E-state index in [9.17, 15) is 18.0 Å². The Morgan fingerprint density at radius 2 is 1.77 bits per heavy atom. The summed E-state index contributed by atoms with van der Waals surface area (Å²) in [7, 11) is -3.95. The Morgan fingerprint density at radius 1 is 1.00 bits per heavy atom. The summed E-state index contributed by atoms with van der Waals surface area (Å²) >= 11 is 1.52. The van der Waals surface area contributed by atoms with E-state index in [0.717, 1.165) is 28.4 Å². The molecule has 0 atom stereocenters. The van der Waals surface area contributed by atoms with Crippen molar-refractivity contribution in [1.29, 1.82) is 0 Å². The topological polar surface area (TPSA) is 108 Å². The first-order chi connectivity index (χ1) is 20.8. The van der Waals surface area contributed by atoms with Crippen molar-refractivity contribution in [2.75, 3.05) is 25.0 Å². The van der Waals surface area contributed by atoms with E-state index in [1.807, 2.05) is 0 Å². The summed E-state index contributed by atoms with van der Waals surface area (Å²) in [6.45, 7) is 5.54. The van der Waals surface area contributed by atoms with Crippen LogP contribution in [-0.2, 0) is 22.8 Å². The van der Waals surface area contributed by atoms with E-state index in [1.165, 1.54) is 79.9 Å². The lowest BCUT2D eigenvalue weighted by atomic mass is 10.1. The predicted molar refractivity (Wildman–Crippen MR) is 168 cm³/mol. The van der Waals surface area contributed by atoms with Gasteiger partial charge in [-0.25, -0.2) is 13.4 Å². The average Bonchev–Trinajstić information content (AvgIpc) is 3.48. The Hall–Kier alpha value is -3.86. The van der Waals surface area contributed by atoms with Gasteiger partial charge in [-0.15, -0.1) is 11.3 Å². The van der Waals surface area contributed by atoms with Crippen LogP contribution in [-0.4, -0.2) is 49.8 Å². The van der Waals surface area contributed by atoms with Crippen LogP contribution in [0.1, 0.15) is 62.4 Å². The van der Waals surface area contributed by atoms with Gasteiger partial charge in [0, 0.05) is 22.2 Å². The van der Waals surface area contributed by atoms with Crippen LogP contribution in [0.5, 0.6) is 0 Å². The third kappa shape index (κ3) is 6.13. The molecule has 2 N–H and O–H groups in total. The van der Waals surface area contributed by atoms with E-state index in [1.54, 1.807) is 25.3 Å². The normalized spacial score (nSPS) is 16.1. The molecule has 2 aliphatic heterocycles. The quantitative estimate of drug-likeness (QED) is 0.257. The van der Waals surface area contributed by atoms with Crippen LogP contribution in [0.2, 0.25) is 0 Å². The first kappa shape index (κ1) is 29.2. The minimum Gasteiger partial charge on any atom is -0.347 e. The number of hydrogen-bond acceptors (Lipinski definition) is 7. The van der Waals surface area contributed by atoms with Gasteiger partial charge in [-0.1, -0.05) is 42.8 Å². The molecule has 0 saturated carbocycles. The number of benzene rings is 3. The zero-order chi connectivity index (χ0) is 30.0. The largest absolute Gasteiger partial charge is 0.347 e. The molecule has 3 heterocycles. The standard InChI is InChI=1S/C33H34N4O4S2/c1-22-26(15-16-29-30(22)36-32(39)27-9-3-4-10-28(27)43(29,40)41)31(38)34-20-25-21-35-33(42-25)24-13-11-23(12-14-24)8-7-19-37-17-5-2-6-18-37/h3-4,9-16,21H,2,5-8,17-20H2,1H3,(H,34,38)(H,36,39). The highest BCUT2D eigenvalue weighted by Crippen LogP contribution is 2.37. The van der Waals surface area contributed by atoms with Gasteiger partial charge in [0.2, 0.25) is 9.84 Å². The molecule has 3 aromatic carbocycles. The van der Waals surface area contributed by atoms with E-state index in [2.05, 4.69) is 44.8 Å². The number of fused-ring (bicyclic) bond motifs is 2. The number of aryl methyl sites for hydroxylation is 1. The van der Waals surface area contributed by atoms with Gasteiger partial charge in [0.15, 0.2) is 0 Å².